The van der Waals surface area contributed by atoms with E-state index in [1.807, 2.05) is 42.5 Å². The van der Waals surface area contributed by atoms with Gasteiger partial charge in [0.25, 0.3) is 0 Å². The van der Waals surface area contributed by atoms with Crippen LogP contribution in [0, 0.1) is 0 Å². The fraction of sp³-hybridized carbons (Fsp3) is 0.125. The molecule has 0 radical (unpaired) electrons. The zero-order valence-electron chi connectivity index (χ0n) is 10.4. The molecule has 92 valence electrons. The van der Waals surface area contributed by atoms with E-state index in [1.165, 1.54) is 6.92 Å². The minimum Gasteiger partial charge on any atom is -0.300 e. The summed E-state index contributed by atoms with van der Waals surface area (Å²) in [6, 6.07) is 20.8. The van der Waals surface area contributed by atoms with Crippen molar-refractivity contribution in [3.63, 3.8) is 0 Å². The SMILES string of the molecule is CC(=O)CC(=O)c1ccccc1.c1ccccc1. The molecule has 18 heavy (non-hydrogen) atoms. The summed E-state index contributed by atoms with van der Waals surface area (Å²) in [6.45, 7) is 1.42. The van der Waals surface area contributed by atoms with E-state index in [1.54, 1.807) is 24.3 Å². The average Bonchev–Trinajstić information content (AvgIpc) is 2.42. The second-order valence-corrected chi connectivity index (χ2v) is 3.82. The average molecular weight is 240 g/mol. The topological polar surface area (TPSA) is 34.1 Å². The highest BCUT2D eigenvalue weighted by Gasteiger charge is 2.06. The summed E-state index contributed by atoms with van der Waals surface area (Å²) < 4.78 is 0. The molecule has 0 bridgehead atoms. The molecule has 0 aliphatic rings. The van der Waals surface area contributed by atoms with Gasteiger partial charge in [0.15, 0.2) is 5.78 Å². The van der Waals surface area contributed by atoms with Gasteiger partial charge in [-0.3, -0.25) is 9.59 Å². The third kappa shape index (κ3) is 5.75. The molecule has 2 heteroatoms. The zero-order valence-corrected chi connectivity index (χ0v) is 10.4. The van der Waals surface area contributed by atoms with Gasteiger partial charge in [0.1, 0.15) is 5.78 Å². The van der Waals surface area contributed by atoms with Crippen molar-refractivity contribution < 1.29 is 9.59 Å². The molecule has 0 amide bonds. The molecule has 0 aliphatic carbocycles. The van der Waals surface area contributed by atoms with Crippen molar-refractivity contribution in [2.75, 3.05) is 0 Å². The van der Waals surface area contributed by atoms with Crippen molar-refractivity contribution in [3.05, 3.63) is 72.3 Å². The Morgan fingerprint density at radius 2 is 1.17 bits per heavy atom. The van der Waals surface area contributed by atoms with Crippen LogP contribution >= 0.6 is 0 Å². The van der Waals surface area contributed by atoms with Gasteiger partial charge < -0.3 is 0 Å². The summed E-state index contributed by atoms with van der Waals surface area (Å²) in [6.07, 6.45) is 0.00398. The molecule has 0 atom stereocenters. The number of Topliss-reactive ketones (excluding diaryl/α,β-unsaturated/α-hetero) is 2. The molecule has 0 N–H and O–H groups in total. The van der Waals surface area contributed by atoms with E-state index in [2.05, 4.69) is 0 Å². The second kappa shape index (κ2) is 7.96. The van der Waals surface area contributed by atoms with Crippen LogP contribution in [-0.4, -0.2) is 11.6 Å². The molecule has 0 aromatic heterocycles. The van der Waals surface area contributed by atoms with Crippen molar-refractivity contribution in [3.8, 4) is 0 Å². The lowest BCUT2D eigenvalue weighted by Gasteiger charge is -1.95. The quantitative estimate of drug-likeness (QED) is 0.607. The molecule has 2 rings (SSSR count). The maximum Gasteiger partial charge on any atom is 0.170 e. The lowest BCUT2D eigenvalue weighted by atomic mass is 10.1. The molecule has 2 nitrogen and oxygen atoms in total. The van der Waals surface area contributed by atoms with Gasteiger partial charge in [0, 0.05) is 5.56 Å². The third-order valence-corrected chi connectivity index (χ3v) is 2.17. The highest BCUT2D eigenvalue weighted by molar-refractivity contribution is 6.07. The lowest BCUT2D eigenvalue weighted by Crippen LogP contribution is -2.04. The Bertz CT molecular complexity index is 448. The molecule has 2 aromatic carbocycles. The molecule has 0 fully saturated rings. The van der Waals surface area contributed by atoms with Crippen molar-refractivity contribution in [2.45, 2.75) is 13.3 Å². The predicted octanol–water partition coefficient (Wildman–Crippen LogP) is 3.54. The number of ketones is 2. The van der Waals surface area contributed by atoms with Gasteiger partial charge >= 0.3 is 0 Å². The van der Waals surface area contributed by atoms with Gasteiger partial charge in [-0.25, -0.2) is 0 Å². The first-order valence-corrected chi connectivity index (χ1v) is 5.78. The van der Waals surface area contributed by atoms with Crippen LogP contribution in [0.4, 0.5) is 0 Å². The van der Waals surface area contributed by atoms with E-state index in [4.69, 9.17) is 0 Å². The summed E-state index contributed by atoms with van der Waals surface area (Å²) in [5.41, 5.74) is 0.604. The zero-order chi connectivity index (χ0) is 13.2. The van der Waals surface area contributed by atoms with Gasteiger partial charge in [-0.05, 0) is 6.92 Å². The van der Waals surface area contributed by atoms with Gasteiger partial charge in [0.05, 0.1) is 6.42 Å². The number of hydrogen-bond acceptors (Lipinski definition) is 2. The van der Waals surface area contributed by atoms with Crippen LogP contribution in [0.15, 0.2) is 66.7 Å². The van der Waals surface area contributed by atoms with Crippen LogP contribution in [0.5, 0.6) is 0 Å². The maximum absolute atomic E-state index is 11.2. The number of hydrogen-bond donors (Lipinski definition) is 0. The Hall–Kier alpha value is -2.22. The summed E-state index contributed by atoms with van der Waals surface area (Å²) in [7, 11) is 0. The number of carbonyl (C=O) groups is 2. The second-order valence-electron chi connectivity index (χ2n) is 3.82. The van der Waals surface area contributed by atoms with E-state index in [0.717, 1.165) is 0 Å². The van der Waals surface area contributed by atoms with Crippen molar-refractivity contribution in [1.29, 1.82) is 0 Å². The van der Waals surface area contributed by atoms with E-state index < -0.39 is 0 Å². The maximum atomic E-state index is 11.2. The highest BCUT2D eigenvalue weighted by Crippen LogP contribution is 2.02. The fourth-order valence-electron chi connectivity index (χ4n) is 1.34. The Morgan fingerprint density at radius 3 is 1.56 bits per heavy atom. The molecule has 0 aliphatic heterocycles. The molecule has 2 aromatic rings. The van der Waals surface area contributed by atoms with Crippen LogP contribution in [0.25, 0.3) is 0 Å². The van der Waals surface area contributed by atoms with Crippen molar-refractivity contribution >= 4 is 11.6 Å². The molecule has 0 heterocycles. The minimum absolute atomic E-state index is 0.00398. The Labute approximate surface area is 107 Å². The van der Waals surface area contributed by atoms with Crippen molar-refractivity contribution in [2.24, 2.45) is 0 Å². The standard InChI is InChI=1S/C10H10O2.C6H6/c1-8(11)7-10(12)9-5-3-2-4-6-9;1-2-4-6-5-3-1/h2-6H,7H2,1H3;1-6H. The summed E-state index contributed by atoms with van der Waals surface area (Å²) in [4.78, 5) is 21.8. The Balaban J connectivity index is 0.000000225. The lowest BCUT2D eigenvalue weighted by molar-refractivity contribution is -0.116. The first kappa shape index (κ1) is 13.8. The Morgan fingerprint density at radius 1 is 0.778 bits per heavy atom. The molecule has 0 saturated carbocycles. The van der Waals surface area contributed by atoms with Crippen LogP contribution in [0.3, 0.4) is 0 Å². The van der Waals surface area contributed by atoms with Crippen LogP contribution in [0.2, 0.25) is 0 Å². The van der Waals surface area contributed by atoms with E-state index >= 15 is 0 Å². The van der Waals surface area contributed by atoms with Gasteiger partial charge in [-0.15, -0.1) is 0 Å². The van der Waals surface area contributed by atoms with Crippen molar-refractivity contribution in [1.82, 2.24) is 0 Å². The largest absolute Gasteiger partial charge is 0.300 e. The van der Waals surface area contributed by atoms with Gasteiger partial charge in [-0.2, -0.15) is 0 Å². The highest BCUT2D eigenvalue weighted by atomic mass is 16.1. The molecule has 0 unspecified atom stereocenters. The molecule has 0 saturated heterocycles. The molecule has 0 spiro atoms. The van der Waals surface area contributed by atoms with Crippen LogP contribution < -0.4 is 0 Å². The smallest absolute Gasteiger partial charge is 0.170 e. The number of carbonyl (C=O) groups excluding carboxylic acids is 2. The van der Waals surface area contributed by atoms with Crippen LogP contribution in [0.1, 0.15) is 23.7 Å². The van der Waals surface area contributed by atoms with E-state index in [9.17, 15) is 9.59 Å². The van der Waals surface area contributed by atoms with Crippen LogP contribution in [-0.2, 0) is 4.79 Å². The summed E-state index contributed by atoms with van der Waals surface area (Å²) in [5, 5.41) is 0. The third-order valence-electron chi connectivity index (χ3n) is 2.17. The number of benzene rings is 2. The van der Waals surface area contributed by atoms with Gasteiger partial charge in [0.2, 0.25) is 0 Å². The fourth-order valence-corrected chi connectivity index (χ4v) is 1.34. The first-order valence-electron chi connectivity index (χ1n) is 5.78. The van der Waals surface area contributed by atoms with Gasteiger partial charge in [-0.1, -0.05) is 66.7 Å². The minimum atomic E-state index is -0.108. The molecular formula is C16H16O2. The van der Waals surface area contributed by atoms with E-state index in [0.29, 0.717) is 5.56 Å². The Kier molecular flexibility index (Phi) is 6.12. The summed E-state index contributed by atoms with van der Waals surface area (Å²) in [5.74, 6) is -0.202. The first-order chi connectivity index (χ1) is 8.70. The molecular weight excluding hydrogens is 224 g/mol. The number of rotatable bonds is 3. The van der Waals surface area contributed by atoms with E-state index in [-0.39, 0.29) is 18.0 Å². The summed E-state index contributed by atoms with van der Waals surface area (Å²) >= 11 is 0. The monoisotopic (exact) mass is 240 g/mol. The normalized spacial score (nSPS) is 8.94. The predicted molar refractivity (Wildman–Crippen MR) is 72.5 cm³/mol.